The second-order valence-electron chi connectivity index (χ2n) is 5.39. The second kappa shape index (κ2) is 5.23. The first-order chi connectivity index (χ1) is 9.95. The van der Waals surface area contributed by atoms with Crippen LogP contribution in [0.3, 0.4) is 0 Å². The van der Waals surface area contributed by atoms with Gasteiger partial charge in [-0.25, -0.2) is 18.1 Å². The standard InChI is InChI=1S/C12H17N5O3S/c1-8(2)17-6-11(13-7-17)21(18,19)14-5-10-15-16-12(20-10)9-3-4-9/h6-9,14H,3-5H2,1-2H3. The second-order valence-corrected chi connectivity index (χ2v) is 7.10. The molecule has 0 aromatic carbocycles. The first-order valence-electron chi connectivity index (χ1n) is 6.81. The van der Waals surface area contributed by atoms with E-state index < -0.39 is 10.0 Å². The Morgan fingerprint density at radius 2 is 2.19 bits per heavy atom. The van der Waals surface area contributed by atoms with Crippen LogP contribution in [0.5, 0.6) is 0 Å². The van der Waals surface area contributed by atoms with Crippen molar-refractivity contribution in [2.45, 2.75) is 50.2 Å². The Morgan fingerprint density at radius 1 is 1.43 bits per heavy atom. The van der Waals surface area contributed by atoms with Crippen LogP contribution in [-0.4, -0.2) is 28.2 Å². The minimum atomic E-state index is -3.68. The summed E-state index contributed by atoms with van der Waals surface area (Å²) in [7, 11) is -3.68. The van der Waals surface area contributed by atoms with E-state index in [-0.39, 0.29) is 23.5 Å². The van der Waals surface area contributed by atoms with Gasteiger partial charge in [0.1, 0.15) is 0 Å². The first-order valence-corrected chi connectivity index (χ1v) is 8.29. The maximum Gasteiger partial charge on any atom is 0.260 e. The van der Waals surface area contributed by atoms with Gasteiger partial charge in [-0.1, -0.05) is 0 Å². The van der Waals surface area contributed by atoms with Gasteiger partial charge in [-0.15, -0.1) is 10.2 Å². The van der Waals surface area contributed by atoms with Gasteiger partial charge < -0.3 is 8.98 Å². The van der Waals surface area contributed by atoms with E-state index in [0.717, 1.165) is 12.8 Å². The molecule has 1 aliphatic rings. The lowest BCUT2D eigenvalue weighted by Crippen LogP contribution is -2.23. The molecule has 0 saturated heterocycles. The lowest BCUT2D eigenvalue weighted by molar-refractivity contribution is 0.444. The summed E-state index contributed by atoms with van der Waals surface area (Å²) in [6.45, 7) is 3.86. The summed E-state index contributed by atoms with van der Waals surface area (Å²) in [4.78, 5) is 3.91. The van der Waals surface area contributed by atoms with E-state index in [0.29, 0.717) is 11.8 Å². The molecule has 8 nitrogen and oxygen atoms in total. The van der Waals surface area contributed by atoms with Gasteiger partial charge >= 0.3 is 0 Å². The number of nitrogens with zero attached hydrogens (tertiary/aromatic N) is 4. The summed E-state index contributed by atoms with van der Waals surface area (Å²) in [5, 5.41) is 7.73. The molecule has 21 heavy (non-hydrogen) atoms. The number of hydrogen-bond acceptors (Lipinski definition) is 6. The van der Waals surface area contributed by atoms with Gasteiger partial charge in [0, 0.05) is 18.2 Å². The van der Waals surface area contributed by atoms with Crippen molar-refractivity contribution in [1.82, 2.24) is 24.5 Å². The van der Waals surface area contributed by atoms with E-state index >= 15 is 0 Å². The molecule has 9 heteroatoms. The highest BCUT2D eigenvalue weighted by molar-refractivity contribution is 7.89. The smallest absolute Gasteiger partial charge is 0.260 e. The molecule has 0 spiro atoms. The topological polar surface area (TPSA) is 103 Å². The monoisotopic (exact) mass is 311 g/mol. The van der Waals surface area contributed by atoms with Gasteiger partial charge in [0.2, 0.25) is 11.8 Å². The van der Waals surface area contributed by atoms with Crippen LogP contribution in [0.25, 0.3) is 0 Å². The summed E-state index contributed by atoms with van der Waals surface area (Å²) < 4.78 is 33.8. The van der Waals surface area contributed by atoms with Crippen molar-refractivity contribution in [3.8, 4) is 0 Å². The predicted octanol–water partition coefficient (Wildman–Crippen LogP) is 1.20. The van der Waals surface area contributed by atoms with Gasteiger partial charge in [-0.2, -0.15) is 0 Å². The third-order valence-corrected chi connectivity index (χ3v) is 4.56. The average molecular weight is 311 g/mol. The number of sulfonamides is 1. The fourth-order valence-electron chi connectivity index (χ4n) is 1.80. The average Bonchev–Trinajstić information content (AvgIpc) is 2.98. The SMILES string of the molecule is CC(C)n1cnc(S(=O)(=O)NCc2nnc(C3CC3)o2)c1. The van der Waals surface area contributed by atoms with Crippen molar-refractivity contribution in [2.75, 3.05) is 0 Å². The third kappa shape index (κ3) is 3.13. The number of aromatic nitrogens is 4. The quantitative estimate of drug-likeness (QED) is 0.860. The number of nitrogens with one attached hydrogen (secondary N) is 1. The van der Waals surface area contributed by atoms with Gasteiger partial charge in [-0.3, -0.25) is 0 Å². The van der Waals surface area contributed by atoms with Crippen LogP contribution in [0.4, 0.5) is 0 Å². The molecule has 1 saturated carbocycles. The molecule has 2 heterocycles. The van der Waals surface area contributed by atoms with Crippen molar-refractivity contribution in [2.24, 2.45) is 0 Å². The minimum Gasteiger partial charge on any atom is -0.424 e. The largest absolute Gasteiger partial charge is 0.424 e. The molecule has 1 fully saturated rings. The first kappa shape index (κ1) is 14.2. The van der Waals surface area contributed by atoms with Crippen LogP contribution in [0.15, 0.2) is 22.0 Å². The zero-order valence-electron chi connectivity index (χ0n) is 11.9. The third-order valence-electron chi connectivity index (χ3n) is 3.27. The van der Waals surface area contributed by atoms with E-state index in [2.05, 4.69) is 19.9 Å². The highest BCUT2D eigenvalue weighted by Gasteiger charge is 2.29. The Labute approximate surface area is 122 Å². The van der Waals surface area contributed by atoms with Crippen molar-refractivity contribution in [3.63, 3.8) is 0 Å². The lowest BCUT2D eigenvalue weighted by atomic mass is 10.4. The van der Waals surface area contributed by atoms with Crippen LogP contribution < -0.4 is 4.72 Å². The molecule has 3 rings (SSSR count). The van der Waals surface area contributed by atoms with Crippen molar-refractivity contribution in [3.05, 3.63) is 24.3 Å². The predicted molar refractivity (Wildman–Crippen MR) is 72.9 cm³/mol. The van der Waals surface area contributed by atoms with Crippen molar-refractivity contribution < 1.29 is 12.8 Å². The molecule has 0 radical (unpaired) electrons. The molecule has 0 atom stereocenters. The minimum absolute atomic E-state index is 0.0156. The Bertz CT molecular complexity index is 730. The molecule has 0 amide bonds. The number of rotatable bonds is 6. The molecule has 114 valence electrons. The number of hydrogen-bond donors (Lipinski definition) is 1. The van der Waals surface area contributed by atoms with Gasteiger partial charge in [-0.05, 0) is 26.7 Å². The molecule has 0 aliphatic heterocycles. The number of imidazole rings is 1. The maximum absolute atomic E-state index is 12.1. The highest BCUT2D eigenvalue weighted by atomic mass is 32.2. The molecule has 0 bridgehead atoms. The zero-order chi connectivity index (χ0) is 15.0. The summed E-state index contributed by atoms with van der Waals surface area (Å²) >= 11 is 0. The van der Waals surface area contributed by atoms with E-state index in [1.54, 1.807) is 4.57 Å². The van der Waals surface area contributed by atoms with Crippen molar-refractivity contribution in [1.29, 1.82) is 0 Å². The molecular weight excluding hydrogens is 294 g/mol. The van der Waals surface area contributed by atoms with Gasteiger partial charge in [0.15, 0.2) is 5.03 Å². The highest BCUT2D eigenvalue weighted by Crippen LogP contribution is 2.38. The molecular formula is C12H17N5O3S. The van der Waals surface area contributed by atoms with Gasteiger partial charge in [0.25, 0.3) is 10.0 Å². The van der Waals surface area contributed by atoms with Crippen LogP contribution >= 0.6 is 0 Å². The Morgan fingerprint density at radius 3 is 2.81 bits per heavy atom. The van der Waals surface area contributed by atoms with Crippen LogP contribution in [0.1, 0.15) is 50.4 Å². The molecule has 2 aromatic heterocycles. The van der Waals surface area contributed by atoms with Crippen LogP contribution in [0.2, 0.25) is 0 Å². The summed E-state index contributed by atoms with van der Waals surface area (Å²) in [5.74, 6) is 1.21. The summed E-state index contributed by atoms with van der Waals surface area (Å²) in [6, 6.07) is 0.151. The van der Waals surface area contributed by atoms with Crippen LogP contribution in [0, 0.1) is 0 Å². The van der Waals surface area contributed by atoms with E-state index in [1.807, 2.05) is 13.8 Å². The summed E-state index contributed by atoms with van der Waals surface area (Å²) in [6.07, 6.45) is 5.10. The van der Waals surface area contributed by atoms with E-state index in [9.17, 15) is 8.42 Å². The zero-order valence-corrected chi connectivity index (χ0v) is 12.7. The van der Waals surface area contributed by atoms with Gasteiger partial charge in [0.05, 0.1) is 12.9 Å². The Hall–Kier alpha value is -1.74. The molecule has 1 aliphatic carbocycles. The fourth-order valence-corrected chi connectivity index (χ4v) is 2.71. The van der Waals surface area contributed by atoms with Crippen molar-refractivity contribution >= 4 is 10.0 Å². The molecule has 2 aromatic rings. The molecule has 1 N–H and O–H groups in total. The summed E-state index contributed by atoms with van der Waals surface area (Å²) in [5.41, 5.74) is 0. The Balaban J connectivity index is 1.66. The van der Waals surface area contributed by atoms with E-state index in [4.69, 9.17) is 4.42 Å². The van der Waals surface area contributed by atoms with Crippen LogP contribution in [-0.2, 0) is 16.6 Å². The fraction of sp³-hybridized carbons (Fsp3) is 0.583. The lowest BCUT2D eigenvalue weighted by Gasteiger charge is -2.04. The Kier molecular flexibility index (Phi) is 3.54. The normalized spacial score (nSPS) is 15.8. The van der Waals surface area contributed by atoms with E-state index in [1.165, 1.54) is 12.5 Å². The molecule has 0 unspecified atom stereocenters. The maximum atomic E-state index is 12.1.